The summed E-state index contributed by atoms with van der Waals surface area (Å²) >= 11 is 1.44. The monoisotopic (exact) mass is 357 g/mol. The fraction of sp³-hybridized carbons (Fsp3) is 0.600. The maximum Gasteiger partial charge on any atom is 0.348 e. The van der Waals surface area contributed by atoms with Crippen molar-refractivity contribution in [2.45, 2.75) is 38.1 Å². The van der Waals surface area contributed by atoms with E-state index >= 15 is 0 Å². The first-order chi connectivity index (χ1) is 10.9. The minimum absolute atomic E-state index is 0.0374. The highest BCUT2D eigenvalue weighted by molar-refractivity contribution is 7.91. The Balaban J connectivity index is 1.49. The molecule has 1 fully saturated rings. The van der Waals surface area contributed by atoms with Crippen molar-refractivity contribution in [2.24, 2.45) is 0 Å². The topological polar surface area (TPSA) is 89.5 Å². The molecule has 1 amide bonds. The van der Waals surface area contributed by atoms with Crippen molar-refractivity contribution in [1.29, 1.82) is 0 Å². The van der Waals surface area contributed by atoms with Crippen LogP contribution in [0.1, 0.15) is 39.4 Å². The highest BCUT2D eigenvalue weighted by Gasteiger charge is 2.29. The lowest BCUT2D eigenvalue weighted by atomic mass is 9.99. The SMILES string of the molecule is O=C(COC(=O)c1cc2c(s1)CCCC2)N[C@H]1CCS(=O)(=O)C1. The maximum atomic E-state index is 12.0. The van der Waals surface area contributed by atoms with Crippen LogP contribution in [0, 0.1) is 0 Å². The second-order valence-electron chi connectivity index (χ2n) is 6.01. The molecule has 0 aromatic carbocycles. The summed E-state index contributed by atoms with van der Waals surface area (Å²) in [6.45, 7) is -0.377. The van der Waals surface area contributed by atoms with Crippen molar-refractivity contribution in [2.75, 3.05) is 18.1 Å². The van der Waals surface area contributed by atoms with Crippen molar-refractivity contribution in [3.8, 4) is 0 Å². The van der Waals surface area contributed by atoms with Crippen LogP contribution in [-0.2, 0) is 32.2 Å². The van der Waals surface area contributed by atoms with Crippen LogP contribution in [0.4, 0.5) is 0 Å². The second kappa shape index (κ2) is 6.60. The standard InChI is InChI=1S/C15H19NO5S2/c17-14(16-11-5-6-23(19,20)9-11)8-21-15(18)13-7-10-3-1-2-4-12(10)22-13/h7,11H,1-6,8-9H2,(H,16,17)/t11-/m0/s1. The number of carbonyl (C=O) groups is 2. The average Bonchev–Trinajstić information content (AvgIpc) is 3.07. The number of amides is 1. The molecule has 0 unspecified atom stereocenters. The molecule has 0 saturated carbocycles. The van der Waals surface area contributed by atoms with E-state index in [2.05, 4.69) is 5.32 Å². The van der Waals surface area contributed by atoms with E-state index in [9.17, 15) is 18.0 Å². The van der Waals surface area contributed by atoms with Crippen molar-refractivity contribution in [3.63, 3.8) is 0 Å². The van der Waals surface area contributed by atoms with Gasteiger partial charge >= 0.3 is 5.97 Å². The molecule has 6 nitrogen and oxygen atoms in total. The minimum atomic E-state index is -3.04. The number of ether oxygens (including phenoxy) is 1. The molecular formula is C15H19NO5S2. The van der Waals surface area contributed by atoms with Gasteiger partial charge in [-0.2, -0.15) is 0 Å². The smallest absolute Gasteiger partial charge is 0.348 e. The Morgan fingerprint density at radius 1 is 1.30 bits per heavy atom. The molecule has 126 valence electrons. The molecule has 1 N–H and O–H groups in total. The molecule has 1 atom stereocenters. The summed E-state index contributed by atoms with van der Waals surface area (Å²) in [6.07, 6.45) is 4.71. The molecule has 0 spiro atoms. The third-order valence-corrected chi connectivity index (χ3v) is 7.11. The maximum absolute atomic E-state index is 12.0. The predicted molar refractivity (Wildman–Crippen MR) is 86.4 cm³/mol. The lowest BCUT2D eigenvalue weighted by Crippen LogP contribution is -2.38. The molecular weight excluding hydrogens is 338 g/mol. The normalized spacial score (nSPS) is 22.3. The summed E-state index contributed by atoms with van der Waals surface area (Å²) in [5.74, 6) is -0.886. The van der Waals surface area contributed by atoms with Gasteiger partial charge in [0.05, 0.1) is 11.5 Å². The zero-order chi connectivity index (χ0) is 16.4. The van der Waals surface area contributed by atoms with E-state index in [-0.39, 0.29) is 24.2 Å². The van der Waals surface area contributed by atoms with Crippen LogP contribution < -0.4 is 5.32 Å². The Morgan fingerprint density at radius 3 is 2.78 bits per heavy atom. The second-order valence-corrected chi connectivity index (χ2v) is 9.38. The van der Waals surface area contributed by atoms with Gasteiger partial charge in [0.15, 0.2) is 16.4 Å². The Bertz CT molecular complexity index is 699. The van der Waals surface area contributed by atoms with Crippen LogP contribution in [-0.4, -0.2) is 44.4 Å². The number of aryl methyl sites for hydroxylation is 2. The Morgan fingerprint density at radius 2 is 2.09 bits per heavy atom. The number of esters is 1. The number of hydrogen-bond acceptors (Lipinski definition) is 6. The summed E-state index contributed by atoms with van der Waals surface area (Å²) in [5, 5.41) is 2.60. The minimum Gasteiger partial charge on any atom is -0.451 e. The van der Waals surface area contributed by atoms with Gasteiger partial charge in [-0.15, -0.1) is 11.3 Å². The molecule has 1 saturated heterocycles. The van der Waals surface area contributed by atoms with Crippen LogP contribution in [0.15, 0.2) is 6.07 Å². The number of carbonyl (C=O) groups excluding carboxylic acids is 2. The van der Waals surface area contributed by atoms with Crippen molar-refractivity contribution in [3.05, 3.63) is 21.4 Å². The molecule has 1 aliphatic heterocycles. The molecule has 8 heteroatoms. The lowest BCUT2D eigenvalue weighted by molar-refractivity contribution is -0.124. The molecule has 3 rings (SSSR count). The van der Waals surface area contributed by atoms with E-state index in [1.807, 2.05) is 6.07 Å². The molecule has 0 bridgehead atoms. The summed E-state index contributed by atoms with van der Waals surface area (Å²) < 4.78 is 27.7. The summed E-state index contributed by atoms with van der Waals surface area (Å²) in [7, 11) is -3.04. The van der Waals surface area contributed by atoms with E-state index in [0.717, 1.165) is 25.7 Å². The van der Waals surface area contributed by atoms with Gasteiger partial charge in [0.1, 0.15) is 4.88 Å². The number of nitrogens with one attached hydrogen (secondary N) is 1. The van der Waals surface area contributed by atoms with Crippen LogP contribution in [0.25, 0.3) is 0 Å². The Hall–Kier alpha value is -1.41. The van der Waals surface area contributed by atoms with Gasteiger partial charge in [0, 0.05) is 10.9 Å². The first-order valence-electron chi connectivity index (χ1n) is 7.71. The van der Waals surface area contributed by atoms with Crippen LogP contribution in [0.3, 0.4) is 0 Å². The van der Waals surface area contributed by atoms with Gasteiger partial charge in [-0.1, -0.05) is 0 Å². The highest BCUT2D eigenvalue weighted by atomic mass is 32.2. The van der Waals surface area contributed by atoms with E-state index in [1.54, 1.807) is 0 Å². The molecule has 23 heavy (non-hydrogen) atoms. The van der Waals surface area contributed by atoms with E-state index in [4.69, 9.17) is 4.74 Å². The average molecular weight is 357 g/mol. The third-order valence-electron chi connectivity index (χ3n) is 4.13. The Kier molecular flexibility index (Phi) is 4.72. The summed E-state index contributed by atoms with van der Waals surface area (Å²) in [4.78, 5) is 25.6. The number of fused-ring (bicyclic) bond motifs is 1. The molecule has 1 aliphatic carbocycles. The third kappa shape index (κ3) is 4.11. The van der Waals surface area contributed by atoms with Crippen LogP contribution in [0.2, 0.25) is 0 Å². The van der Waals surface area contributed by atoms with Gasteiger partial charge in [-0.25, -0.2) is 13.2 Å². The molecule has 1 aromatic heterocycles. The number of hydrogen-bond donors (Lipinski definition) is 1. The summed E-state index contributed by atoms with van der Waals surface area (Å²) in [5.41, 5.74) is 1.22. The largest absolute Gasteiger partial charge is 0.451 e. The molecule has 1 aromatic rings. The number of rotatable bonds is 4. The zero-order valence-electron chi connectivity index (χ0n) is 12.7. The van der Waals surface area contributed by atoms with E-state index < -0.39 is 21.7 Å². The lowest BCUT2D eigenvalue weighted by Gasteiger charge is -2.10. The number of sulfone groups is 1. The Labute approximate surface area is 139 Å². The fourth-order valence-corrected chi connectivity index (χ4v) is 5.79. The van der Waals surface area contributed by atoms with E-state index in [1.165, 1.54) is 21.8 Å². The number of thiophene rings is 1. The van der Waals surface area contributed by atoms with Crippen molar-refractivity contribution in [1.82, 2.24) is 5.32 Å². The zero-order valence-corrected chi connectivity index (χ0v) is 14.3. The van der Waals surface area contributed by atoms with Gasteiger partial charge in [-0.05, 0) is 43.7 Å². The van der Waals surface area contributed by atoms with Gasteiger partial charge in [0.2, 0.25) is 0 Å². The van der Waals surface area contributed by atoms with Crippen molar-refractivity contribution >= 4 is 33.1 Å². The molecule has 0 radical (unpaired) electrons. The van der Waals surface area contributed by atoms with Gasteiger partial charge in [0.25, 0.3) is 5.91 Å². The van der Waals surface area contributed by atoms with Crippen LogP contribution in [0.5, 0.6) is 0 Å². The summed E-state index contributed by atoms with van der Waals surface area (Å²) in [6, 6.07) is 1.49. The van der Waals surface area contributed by atoms with Crippen molar-refractivity contribution < 1.29 is 22.7 Å². The first kappa shape index (κ1) is 16.4. The quantitative estimate of drug-likeness (QED) is 0.815. The molecule has 2 aliphatic rings. The van der Waals surface area contributed by atoms with Crippen LogP contribution >= 0.6 is 11.3 Å². The van der Waals surface area contributed by atoms with Gasteiger partial charge in [-0.3, -0.25) is 4.79 Å². The van der Waals surface area contributed by atoms with E-state index in [0.29, 0.717) is 11.3 Å². The highest BCUT2D eigenvalue weighted by Crippen LogP contribution is 2.29. The molecule has 2 heterocycles. The fourth-order valence-electron chi connectivity index (χ4n) is 2.97. The van der Waals surface area contributed by atoms with Gasteiger partial charge < -0.3 is 10.1 Å². The predicted octanol–water partition coefficient (Wildman–Crippen LogP) is 1.09. The first-order valence-corrected chi connectivity index (χ1v) is 10.4.